The molecule has 0 bridgehead atoms. The Morgan fingerprint density at radius 2 is 1.92 bits per heavy atom. The number of guanidine groups is 1. The number of hydrogen-bond donors (Lipinski definition) is 5. The summed E-state index contributed by atoms with van der Waals surface area (Å²) in [5.41, 5.74) is 10.4. The minimum absolute atomic E-state index is 0.0464. The lowest BCUT2D eigenvalue weighted by Gasteiger charge is -2.12. The molecule has 0 saturated carbocycles. The lowest BCUT2D eigenvalue weighted by molar-refractivity contribution is -0.141. The second-order valence-corrected chi connectivity index (χ2v) is 5.63. The molecule has 0 radical (unpaired) electrons. The van der Waals surface area contributed by atoms with E-state index in [1.165, 1.54) is 6.08 Å². The van der Waals surface area contributed by atoms with E-state index in [0.717, 1.165) is 25.7 Å². The van der Waals surface area contributed by atoms with Gasteiger partial charge in [-0.05, 0) is 38.5 Å². The second kappa shape index (κ2) is 14.0. The Morgan fingerprint density at radius 3 is 2.52 bits per heavy atom. The quantitative estimate of drug-likeness (QED) is 0.108. The summed E-state index contributed by atoms with van der Waals surface area (Å²) in [6.07, 6.45) is 10.1. The Balaban J connectivity index is 4.12. The third-order valence-electron chi connectivity index (χ3n) is 3.43. The summed E-state index contributed by atoms with van der Waals surface area (Å²) in [5, 5.41) is 20.9. The van der Waals surface area contributed by atoms with Gasteiger partial charge in [-0.2, -0.15) is 0 Å². The van der Waals surface area contributed by atoms with Crippen LogP contribution < -0.4 is 16.8 Å². The van der Waals surface area contributed by atoms with Crippen molar-refractivity contribution in [1.29, 1.82) is 0 Å². The average molecular weight is 354 g/mol. The number of allylic oxidation sites excluding steroid dienone is 3. The predicted octanol–water partition coefficient (Wildman–Crippen LogP) is 0.663. The van der Waals surface area contributed by atoms with E-state index < -0.39 is 17.9 Å². The van der Waals surface area contributed by atoms with E-state index in [1.54, 1.807) is 12.2 Å². The van der Waals surface area contributed by atoms with Crippen molar-refractivity contribution >= 4 is 17.8 Å². The molecular formula is C17H30N4O4. The third-order valence-corrected chi connectivity index (χ3v) is 3.43. The Morgan fingerprint density at radius 1 is 1.20 bits per heavy atom. The third kappa shape index (κ3) is 13.8. The largest absolute Gasteiger partial charge is 0.480 e. The number of aliphatic hydroxyl groups excluding tert-OH is 1. The molecule has 0 rings (SSSR count). The molecule has 1 amide bonds. The van der Waals surface area contributed by atoms with Crippen molar-refractivity contribution in [3.05, 3.63) is 24.3 Å². The van der Waals surface area contributed by atoms with Crippen molar-refractivity contribution in [2.45, 2.75) is 57.6 Å². The highest BCUT2D eigenvalue weighted by molar-refractivity contribution is 5.91. The topological polar surface area (TPSA) is 151 Å². The van der Waals surface area contributed by atoms with E-state index in [2.05, 4.69) is 10.3 Å². The minimum Gasteiger partial charge on any atom is -0.480 e. The van der Waals surface area contributed by atoms with Crippen molar-refractivity contribution in [3.63, 3.8) is 0 Å². The van der Waals surface area contributed by atoms with Crippen LogP contribution in [0.3, 0.4) is 0 Å². The number of nitrogens with zero attached hydrogens (tertiary/aromatic N) is 1. The van der Waals surface area contributed by atoms with Crippen LogP contribution in [0.4, 0.5) is 0 Å². The van der Waals surface area contributed by atoms with Gasteiger partial charge in [-0.3, -0.25) is 9.79 Å². The van der Waals surface area contributed by atoms with Crippen LogP contribution in [0.2, 0.25) is 0 Å². The number of aliphatic imine (C=N–C) groups is 1. The summed E-state index contributed by atoms with van der Waals surface area (Å²) in [6, 6.07) is -0.981. The number of unbranched alkanes of at least 4 members (excludes halogenated alkanes) is 1. The van der Waals surface area contributed by atoms with Gasteiger partial charge in [0.1, 0.15) is 6.04 Å². The molecule has 0 aromatic carbocycles. The molecule has 8 heteroatoms. The molecule has 1 unspecified atom stereocenters. The van der Waals surface area contributed by atoms with Crippen molar-refractivity contribution in [2.75, 3.05) is 6.54 Å². The van der Waals surface area contributed by atoms with Gasteiger partial charge in [-0.15, -0.1) is 0 Å². The molecule has 0 aliphatic carbocycles. The molecule has 0 aromatic rings. The number of rotatable bonds is 13. The van der Waals surface area contributed by atoms with Gasteiger partial charge in [0.25, 0.3) is 0 Å². The molecular weight excluding hydrogens is 324 g/mol. The fourth-order valence-corrected chi connectivity index (χ4v) is 1.97. The molecule has 0 spiro atoms. The number of carbonyl (C=O) groups excluding carboxylic acids is 1. The van der Waals surface area contributed by atoms with Crippen LogP contribution in [-0.4, -0.2) is 46.7 Å². The number of amides is 1. The Labute approximate surface area is 148 Å². The van der Waals surface area contributed by atoms with E-state index in [9.17, 15) is 14.7 Å². The van der Waals surface area contributed by atoms with Crippen molar-refractivity contribution in [1.82, 2.24) is 5.32 Å². The number of carboxylic acid groups (broad SMARTS) is 1. The zero-order valence-electron chi connectivity index (χ0n) is 14.7. The first-order valence-electron chi connectivity index (χ1n) is 8.46. The molecule has 0 saturated heterocycles. The lowest BCUT2D eigenvalue weighted by Crippen LogP contribution is -2.40. The minimum atomic E-state index is -1.10. The number of hydrogen-bond acceptors (Lipinski definition) is 4. The molecule has 0 aliphatic rings. The first-order valence-corrected chi connectivity index (χ1v) is 8.46. The molecule has 2 atom stereocenters. The van der Waals surface area contributed by atoms with Gasteiger partial charge in [0.15, 0.2) is 5.96 Å². The number of carboxylic acids is 1. The first kappa shape index (κ1) is 22.6. The van der Waals surface area contributed by atoms with E-state index in [1.807, 2.05) is 13.0 Å². The smallest absolute Gasteiger partial charge is 0.326 e. The Kier molecular flexibility index (Phi) is 12.7. The highest BCUT2D eigenvalue weighted by Gasteiger charge is 2.17. The fourth-order valence-electron chi connectivity index (χ4n) is 1.97. The molecule has 7 N–H and O–H groups in total. The predicted molar refractivity (Wildman–Crippen MR) is 97.9 cm³/mol. The fraction of sp³-hybridized carbons (Fsp3) is 0.588. The van der Waals surface area contributed by atoms with Crippen LogP contribution in [0.25, 0.3) is 0 Å². The number of nitrogens with two attached hydrogens (primary N) is 2. The second-order valence-electron chi connectivity index (χ2n) is 5.63. The summed E-state index contributed by atoms with van der Waals surface area (Å²) < 4.78 is 0. The van der Waals surface area contributed by atoms with Crippen LogP contribution in [0.5, 0.6) is 0 Å². The Bertz CT molecular complexity index is 485. The van der Waals surface area contributed by atoms with Crippen LogP contribution in [-0.2, 0) is 9.59 Å². The van der Waals surface area contributed by atoms with Crippen LogP contribution >= 0.6 is 0 Å². The number of aliphatic carboxylic acids is 1. The van der Waals surface area contributed by atoms with Gasteiger partial charge in [0.05, 0.1) is 6.10 Å². The number of aliphatic hydroxyl groups is 1. The molecule has 0 aromatic heterocycles. The van der Waals surface area contributed by atoms with Gasteiger partial charge in [0, 0.05) is 12.6 Å². The summed E-state index contributed by atoms with van der Waals surface area (Å²) in [5.74, 6) is -1.62. The Hall–Kier alpha value is -2.35. The maximum Gasteiger partial charge on any atom is 0.326 e. The highest BCUT2D eigenvalue weighted by Crippen LogP contribution is 2.04. The summed E-state index contributed by atoms with van der Waals surface area (Å²) in [6.45, 7) is 2.25. The van der Waals surface area contributed by atoms with Gasteiger partial charge >= 0.3 is 5.97 Å². The van der Waals surface area contributed by atoms with Crippen molar-refractivity contribution in [3.8, 4) is 0 Å². The van der Waals surface area contributed by atoms with E-state index in [-0.39, 0.29) is 18.5 Å². The monoisotopic (exact) mass is 354 g/mol. The molecule has 0 aliphatic heterocycles. The lowest BCUT2D eigenvalue weighted by atomic mass is 10.1. The van der Waals surface area contributed by atoms with Gasteiger partial charge in [-0.1, -0.05) is 25.2 Å². The maximum absolute atomic E-state index is 11.7. The van der Waals surface area contributed by atoms with Crippen LogP contribution in [0.1, 0.15) is 45.4 Å². The summed E-state index contributed by atoms with van der Waals surface area (Å²) >= 11 is 0. The highest BCUT2D eigenvalue weighted by atomic mass is 16.4. The zero-order chi connectivity index (χ0) is 19.1. The summed E-state index contributed by atoms with van der Waals surface area (Å²) in [4.78, 5) is 26.6. The average Bonchev–Trinajstić information content (AvgIpc) is 2.55. The zero-order valence-corrected chi connectivity index (χ0v) is 14.7. The summed E-state index contributed by atoms with van der Waals surface area (Å²) in [7, 11) is 0. The molecule has 0 fully saturated rings. The molecule has 8 nitrogen and oxygen atoms in total. The normalized spacial score (nSPS) is 13.7. The van der Waals surface area contributed by atoms with Gasteiger partial charge < -0.3 is 27.0 Å². The van der Waals surface area contributed by atoms with Crippen LogP contribution in [0.15, 0.2) is 29.3 Å². The van der Waals surface area contributed by atoms with Gasteiger partial charge in [-0.25, -0.2) is 4.79 Å². The first-order chi connectivity index (χ1) is 11.9. The van der Waals surface area contributed by atoms with E-state index in [0.29, 0.717) is 13.0 Å². The van der Waals surface area contributed by atoms with Crippen LogP contribution in [0, 0.1) is 0 Å². The molecule has 142 valence electrons. The van der Waals surface area contributed by atoms with E-state index >= 15 is 0 Å². The number of carbonyl (C=O) groups is 2. The van der Waals surface area contributed by atoms with E-state index in [4.69, 9.17) is 16.6 Å². The SMILES string of the molecule is CCC(O)CCC/C=C/C=C/C(=O)N[C@@H](CCCN=C(N)N)C(=O)O. The molecule has 25 heavy (non-hydrogen) atoms. The van der Waals surface area contributed by atoms with Crippen molar-refractivity contribution in [2.24, 2.45) is 16.5 Å². The molecule has 0 heterocycles. The van der Waals surface area contributed by atoms with Gasteiger partial charge in [0.2, 0.25) is 5.91 Å². The number of nitrogens with one attached hydrogen (secondary N) is 1. The maximum atomic E-state index is 11.7. The standard InChI is InChI=1S/C17H30N4O4/c1-2-13(22)9-6-4-3-5-7-11-15(23)21-14(16(24)25)10-8-12-20-17(18)19/h3,5,7,11,13-14,22H,2,4,6,8-10,12H2,1H3,(H,21,23)(H,24,25)(H4,18,19,20)/b5-3+,11-7+/t13?,14-/m0/s1. The van der Waals surface area contributed by atoms with Crippen molar-refractivity contribution < 1.29 is 19.8 Å².